The number of hydrogen-bond acceptors (Lipinski definition) is 3. The lowest BCUT2D eigenvalue weighted by Gasteiger charge is -2.30. The number of carbonyl (C=O) groups excluding carboxylic acids is 3. The van der Waals surface area contributed by atoms with Gasteiger partial charge in [0.1, 0.15) is 6.04 Å². The Balaban J connectivity index is 1.88. The molecule has 23 heavy (non-hydrogen) atoms. The van der Waals surface area contributed by atoms with Gasteiger partial charge in [-0.15, -0.1) is 0 Å². The fraction of sp³-hybridized carbons (Fsp3) is 0.167. The van der Waals surface area contributed by atoms with Crippen LogP contribution in [-0.2, 0) is 9.59 Å². The van der Waals surface area contributed by atoms with Gasteiger partial charge in [-0.3, -0.25) is 24.6 Å². The molecule has 3 amide bonds. The molecule has 1 saturated heterocycles. The van der Waals surface area contributed by atoms with E-state index in [0.29, 0.717) is 12.0 Å². The molecule has 0 saturated carbocycles. The fourth-order valence-corrected chi connectivity index (χ4v) is 3.40. The zero-order chi connectivity index (χ0) is 16.1. The number of imide groups is 1. The average molecular weight is 306 g/mol. The predicted octanol–water partition coefficient (Wildman–Crippen LogP) is 2.25. The van der Waals surface area contributed by atoms with Crippen LogP contribution in [0, 0.1) is 0 Å². The van der Waals surface area contributed by atoms with Crippen LogP contribution in [0.25, 0.3) is 16.8 Å². The molecule has 1 N–H and O–H groups in total. The summed E-state index contributed by atoms with van der Waals surface area (Å²) >= 11 is 0. The van der Waals surface area contributed by atoms with Gasteiger partial charge in [0.2, 0.25) is 11.8 Å². The first-order valence-corrected chi connectivity index (χ1v) is 7.46. The topological polar surface area (TPSA) is 66.5 Å². The summed E-state index contributed by atoms with van der Waals surface area (Å²) in [5.74, 6) is -0.902. The van der Waals surface area contributed by atoms with E-state index in [1.807, 2.05) is 24.3 Å². The lowest BCUT2D eigenvalue weighted by molar-refractivity contribution is -0.134. The largest absolute Gasteiger partial charge is 0.295 e. The second kappa shape index (κ2) is 4.78. The molecule has 1 unspecified atom stereocenters. The molecule has 5 heteroatoms. The van der Waals surface area contributed by atoms with Crippen LogP contribution in [0.3, 0.4) is 0 Å². The summed E-state index contributed by atoms with van der Waals surface area (Å²) in [6.07, 6.45) is 2.28. The second-order valence-electron chi connectivity index (χ2n) is 5.79. The molecule has 0 radical (unpaired) electrons. The van der Waals surface area contributed by atoms with E-state index < -0.39 is 11.9 Å². The number of amides is 3. The van der Waals surface area contributed by atoms with Crippen molar-refractivity contribution >= 4 is 40.3 Å². The molecule has 5 nitrogen and oxygen atoms in total. The average Bonchev–Trinajstić information content (AvgIpc) is 2.82. The summed E-state index contributed by atoms with van der Waals surface area (Å²) in [5.41, 5.74) is 2.17. The molecule has 4 rings (SSSR count). The third-order valence-corrected chi connectivity index (χ3v) is 4.44. The van der Waals surface area contributed by atoms with E-state index in [1.165, 1.54) is 4.90 Å². The molecule has 2 aromatic carbocycles. The van der Waals surface area contributed by atoms with Gasteiger partial charge in [0.05, 0.1) is 11.3 Å². The maximum atomic E-state index is 12.9. The van der Waals surface area contributed by atoms with Crippen molar-refractivity contribution in [2.45, 2.75) is 18.9 Å². The SMILES string of the molecule is C=Cc1cc2c3c(cccc3c1)N(C1CCC(=O)NC1=O)C2=O. The summed E-state index contributed by atoms with van der Waals surface area (Å²) in [4.78, 5) is 38.0. The van der Waals surface area contributed by atoms with E-state index in [4.69, 9.17) is 0 Å². The minimum atomic E-state index is -0.648. The van der Waals surface area contributed by atoms with Gasteiger partial charge in [0.25, 0.3) is 5.91 Å². The van der Waals surface area contributed by atoms with E-state index in [1.54, 1.807) is 12.1 Å². The lowest BCUT2D eigenvalue weighted by Crippen LogP contribution is -2.53. The minimum absolute atomic E-state index is 0.200. The van der Waals surface area contributed by atoms with Gasteiger partial charge >= 0.3 is 0 Å². The maximum absolute atomic E-state index is 12.9. The Morgan fingerprint density at radius 2 is 2.04 bits per heavy atom. The summed E-state index contributed by atoms with van der Waals surface area (Å²) in [7, 11) is 0. The number of nitrogens with zero attached hydrogens (tertiary/aromatic N) is 1. The van der Waals surface area contributed by atoms with Gasteiger partial charge in [0.15, 0.2) is 0 Å². The Bertz CT molecular complexity index is 901. The number of nitrogens with one attached hydrogen (secondary N) is 1. The Labute approximate surface area is 132 Å². The third-order valence-electron chi connectivity index (χ3n) is 4.44. The number of rotatable bonds is 2. The van der Waals surface area contributed by atoms with E-state index in [-0.39, 0.29) is 18.2 Å². The number of anilines is 1. The van der Waals surface area contributed by atoms with Crippen molar-refractivity contribution in [3.63, 3.8) is 0 Å². The van der Waals surface area contributed by atoms with Gasteiger partial charge in [-0.1, -0.05) is 24.8 Å². The van der Waals surface area contributed by atoms with Crippen molar-refractivity contribution in [1.29, 1.82) is 0 Å². The first kappa shape index (κ1) is 13.7. The highest BCUT2D eigenvalue weighted by molar-refractivity contribution is 6.27. The summed E-state index contributed by atoms with van der Waals surface area (Å²) < 4.78 is 0. The van der Waals surface area contributed by atoms with E-state index >= 15 is 0 Å². The van der Waals surface area contributed by atoms with Crippen molar-refractivity contribution in [1.82, 2.24) is 5.32 Å². The van der Waals surface area contributed by atoms with Crippen molar-refractivity contribution in [2.75, 3.05) is 4.90 Å². The van der Waals surface area contributed by atoms with E-state index in [2.05, 4.69) is 11.9 Å². The molecule has 0 aliphatic carbocycles. The van der Waals surface area contributed by atoms with Gasteiger partial charge in [0, 0.05) is 11.8 Å². The van der Waals surface area contributed by atoms with E-state index in [9.17, 15) is 14.4 Å². The van der Waals surface area contributed by atoms with Gasteiger partial charge in [-0.2, -0.15) is 0 Å². The van der Waals surface area contributed by atoms with Crippen molar-refractivity contribution in [3.05, 3.63) is 48.0 Å². The van der Waals surface area contributed by atoms with Crippen LogP contribution < -0.4 is 10.2 Å². The lowest BCUT2D eigenvalue weighted by atomic mass is 10.0. The highest BCUT2D eigenvalue weighted by atomic mass is 16.2. The highest BCUT2D eigenvalue weighted by Gasteiger charge is 2.40. The van der Waals surface area contributed by atoms with Crippen LogP contribution in [0.1, 0.15) is 28.8 Å². The predicted molar refractivity (Wildman–Crippen MR) is 87.0 cm³/mol. The van der Waals surface area contributed by atoms with Gasteiger partial charge < -0.3 is 0 Å². The fourth-order valence-electron chi connectivity index (χ4n) is 3.40. The first-order valence-electron chi connectivity index (χ1n) is 7.46. The molecular weight excluding hydrogens is 292 g/mol. The Morgan fingerprint density at radius 1 is 1.22 bits per heavy atom. The van der Waals surface area contributed by atoms with Gasteiger partial charge in [-0.05, 0) is 35.6 Å². The zero-order valence-electron chi connectivity index (χ0n) is 12.3. The molecular formula is C18H14N2O3. The smallest absolute Gasteiger partial charge is 0.259 e. The molecule has 2 aromatic rings. The number of carbonyl (C=O) groups is 3. The molecule has 2 heterocycles. The number of piperidine rings is 1. The monoisotopic (exact) mass is 306 g/mol. The van der Waals surface area contributed by atoms with Crippen molar-refractivity contribution < 1.29 is 14.4 Å². The zero-order valence-corrected chi connectivity index (χ0v) is 12.3. The highest BCUT2D eigenvalue weighted by Crippen LogP contribution is 2.40. The van der Waals surface area contributed by atoms with Crippen LogP contribution in [-0.4, -0.2) is 23.8 Å². The van der Waals surface area contributed by atoms with E-state index in [0.717, 1.165) is 22.0 Å². The quantitative estimate of drug-likeness (QED) is 0.865. The molecule has 1 atom stereocenters. The van der Waals surface area contributed by atoms with Crippen LogP contribution in [0.5, 0.6) is 0 Å². The van der Waals surface area contributed by atoms with Crippen LogP contribution in [0.2, 0.25) is 0 Å². The Kier molecular flexibility index (Phi) is 2.84. The molecule has 0 aromatic heterocycles. The molecule has 0 spiro atoms. The minimum Gasteiger partial charge on any atom is -0.295 e. The molecule has 2 aliphatic heterocycles. The first-order chi connectivity index (χ1) is 11.1. The summed E-state index contributed by atoms with van der Waals surface area (Å²) in [6.45, 7) is 3.76. The summed E-state index contributed by atoms with van der Waals surface area (Å²) in [6, 6.07) is 8.77. The standard InChI is InChI=1S/C18H14N2O3/c1-2-10-8-11-4-3-5-13-16(11)12(9-10)18(23)20(13)14-6-7-15(21)19-17(14)22/h2-5,8-9,14H,1,6-7H2,(H,19,21,22). The van der Waals surface area contributed by atoms with Crippen molar-refractivity contribution in [2.24, 2.45) is 0 Å². The van der Waals surface area contributed by atoms with Crippen molar-refractivity contribution in [3.8, 4) is 0 Å². The van der Waals surface area contributed by atoms with Crippen LogP contribution in [0.4, 0.5) is 5.69 Å². The Hall–Kier alpha value is -2.95. The van der Waals surface area contributed by atoms with Gasteiger partial charge in [-0.25, -0.2) is 0 Å². The Morgan fingerprint density at radius 3 is 2.78 bits per heavy atom. The normalized spacial score (nSPS) is 20.1. The number of hydrogen-bond donors (Lipinski definition) is 1. The molecule has 1 fully saturated rings. The number of benzene rings is 2. The maximum Gasteiger partial charge on any atom is 0.259 e. The second-order valence-corrected chi connectivity index (χ2v) is 5.79. The van der Waals surface area contributed by atoms with Crippen LogP contribution >= 0.6 is 0 Å². The molecule has 114 valence electrons. The summed E-state index contributed by atoms with van der Waals surface area (Å²) in [5, 5.41) is 4.12. The molecule has 0 bridgehead atoms. The third kappa shape index (κ3) is 1.90. The van der Waals surface area contributed by atoms with Crippen LogP contribution in [0.15, 0.2) is 36.9 Å². The molecule has 2 aliphatic rings.